The Bertz CT molecular complexity index is 667. The Morgan fingerprint density at radius 2 is 2.05 bits per heavy atom. The molecule has 21 heavy (non-hydrogen) atoms. The quantitative estimate of drug-likeness (QED) is 0.788. The first-order valence-corrected chi connectivity index (χ1v) is 6.51. The number of rotatable bonds is 3. The summed E-state index contributed by atoms with van der Waals surface area (Å²) in [5.41, 5.74) is 0.442. The summed E-state index contributed by atoms with van der Waals surface area (Å²) in [6.45, 7) is 1.12. The van der Waals surface area contributed by atoms with Crippen molar-refractivity contribution in [3.8, 4) is 11.5 Å². The Balaban J connectivity index is 1.94. The molecule has 0 spiro atoms. The molecule has 0 fully saturated rings. The fourth-order valence-corrected chi connectivity index (χ4v) is 2.20. The molecule has 3 N–H and O–H groups in total. The van der Waals surface area contributed by atoms with Crippen LogP contribution in [0.4, 0.5) is 0 Å². The molecule has 1 unspecified atom stereocenters. The molecule has 0 radical (unpaired) electrons. The van der Waals surface area contributed by atoms with Gasteiger partial charge in [-0.2, -0.15) is 0 Å². The lowest BCUT2D eigenvalue weighted by Crippen LogP contribution is -2.08. The van der Waals surface area contributed by atoms with E-state index in [1.54, 1.807) is 18.2 Å². The van der Waals surface area contributed by atoms with Gasteiger partial charge >= 0.3 is 5.97 Å². The Kier molecular flexibility index (Phi) is 3.49. The van der Waals surface area contributed by atoms with E-state index in [9.17, 15) is 9.90 Å². The SMILES string of the molecule is O=C(O)c1nc[nH]c1C(O)c1ccc2c(c1)OCCCO2. The number of carboxylic acid groups (broad SMARTS) is 1. The number of benzene rings is 1. The molecule has 3 rings (SSSR count). The number of fused-ring (bicyclic) bond motifs is 1. The van der Waals surface area contributed by atoms with Crippen molar-refractivity contribution in [3.05, 3.63) is 41.5 Å². The van der Waals surface area contributed by atoms with Crippen molar-refractivity contribution in [2.75, 3.05) is 13.2 Å². The van der Waals surface area contributed by atoms with Crippen LogP contribution >= 0.6 is 0 Å². The predicted molar refractivity (Wildman–Crippen MR) is 71.7 cm³/mol. The van der Waals surface area contributed by atoms with Gasteiger partial charge < -0.3 is 24.7 Å². The molecule has 1 aliphatic rings. The highest BCUT2D eigenvalue weighted by Crippen LogP contribution is 2.34. The summed E-state index contributed by atoms with van der Waals surface area (Å²) < 4.78 is 11.1. The van der Waals surface area contributed by atoms with E-state index < -0.39 is 12.1 Å². The summed E-state index contributed by atoms with van der Waals surface area (Å²) in [5.74, 6) is -0.0356. The first-order valence-electron chi connectivity index (χ1n) is 6.51. The summed E-state index contributed by atoms with van der Waals surface area (Å²) in [4.78, 5) is 17.4. The minimum absolute atomic E-state index is 0.136. The maximum Gasteiger partial charge on any atom is 0.356 e. The number of aromatic carboxylic acids is 1. The molecule has 0 saturated carbocycles. The number of aromatic amines is 1. The van der Waals surface area contributed by atoms with E-state index in [0.29, 0.717) is 30.3 Å². The average molecular weight is 290 g/mol. The van der Waals surface area contributed by atoms with Gasteiger partial charge in [0.25, 0.3) is 0 Å². The Morgan fingerprint density at radius 1 is 1.29 bits per heavy atom. The van der Waals surface area contributed by atoms with Gasteiger partial charge in [0, 0.05) is 6.42 Å². The molecule has 0 aliphatic carbocycles. The lowest BCUT2D eigenvalue weighted by molar-refractivity contribution is 0.0685. The van der Waals surface area contributed by atoms with Crippen LogP contribution in [0.2, 0.25) is 0 Å². The zero-order valence-corrected chi connectivity index (χ0v) is 11.1. The number of ether oxygens (including phenoxy) is 2. The van der Waals surface area contributed by atoms with E-state index in [0.717, 1.165) is 6.42 Å². The maximum absolute atomic E-state index is 11.1. The second kappa shape index (κ2) is 5.45. The lowest BCUT2D eigenvalue weighted by atomic mass is 10.0. The van der Waals surface area contributed by atoms with Crippen LogP contribution in [0.5, 0.6) is 11.5 Å². The topological polar surface area (TPSA) is 105 Å². The van der Waals surface area contributed by atoms with Crippen LogP contribution < -0.4 is 9.47 Å². The van der Waals surface area contributed by atoms with Gasteiger partial charge in [0.1, 0.15) is 6.10 Å². The van der Waals surface area contributed by atoms with Gasteiger partial charge in [-0.1, -0.05) is 6.07 Å². The number of imidazole rings is 1. The van der Waals surface area contributed by atoms with Crippen LogP contribution in [0.25, 0.3) is 0 Å². The summed E-state index contributed by atoms with van der Waals surface area (Å²) in [5, 5.41) is 19.4. The third-order valence-electron chi connectivity index (χ3n) is 3.23. The fourth-order valence-electron chi connectivity index (χ4n) is 2.20. The summed E-state index contributed by atoms with van der Waals surface area (Å²) >= 11 is 0. The van der Waals surface area contributed by atoms with Gasteiger partial charge in [0.2, 0.25) is 0 Å². The third-order valence-corrected chi connectivity index (χ3v) is 3.23. The summed E-state index contributed by atoms with van der Waals surface area (Å²) in [6, 6.07) is 5.03. The third kappa shape index (κ3) is 2.55. The number of aliphatic hydroxyl groups is 1. The number of carbonyl (C=O) groups is 1. The van der Waals surface area contributed by atoms with Crippen molar-refractivity contribution in [1.29, 1.82) is 0 Å². The lowest BCUT2D eigenvalue weighted by Gasteiger charge is -2.13. The zero-order chi connectivity index (χ0) is 14.8. The first kappa shape index (κ1) is 13.4. The molecule has 2 heterocycles. The molecule has 110 valence electrons. The van der Waals surface area contributed by atoms with E-state index in [1.807, 2.05) is 0 Å². The van der Waals surface area contributed by atoms with E-state index in [2.05, 4.69) is 9.97 Å². The predicted octanol–water partition coefficient (Wildman–Crippen LogP) is 1.35. The van der Waals surface area contributed by atoms with E-state index >= 15 is 0 Å². The molecule has 1 aliphatic heterocycles. The summed E-state index contributed by atoms with van der Waals surface area (Å²) in [6.07, 6.45) is 0.900. The van der Waals surface area contributed by atoms with Gasteiger partial charge in [-0.05, 0) is 17.7 Å². The molecule has 2 aromatic rings. The van der Waals surface area contributed by atoms with Crippen LogP contribution in [0.15, 0.2) is 24.5 Å². The van der Waals surface area contributed by atoms with Crippen LogP contribution in [0.1, 0.15) is 34.3 Å². The molecule has 0 amide bonds. The number of H-pyrrole nitrogens is 1. The van der Waals surface area contributed by atoms with Crippen LogP contribution in [0, 0.1) is 0 Å². The molecule has 1 atom stereocenters. The monoisotopic (exact) mass is 290 g/mol. The fraction of sp³-hybridized carbons (Fsp3) is 0.286. The number of aromatic nitrogens is 2. The van der Waals surface area contributed by atoms with Gasteiger partial charge in [-0.15, -0.1) is 0 Å². The van der Waals surface area contributed by atoms with Crippen molar-refractivity contribution in [2.24, 2.45) is 0 Å². The zero-order valence-electron chi connectivity index (χ0n) is 11.1. The minimum Gasteiger partial charge on any atom is -0.490 e. The molecule has 0 bridgehead atoms. The second-order valence-corrected chi connectivity index (χ2v) is 4.63. The van der Waals surface area contributed by atoms with E-state index in [-0.39, 0.29) is 11.4 Å². The molecule has 1 aromatic carbocycles. The summed E-state index contributed by atoms with van der Waals surface area (Å²) in [7, 11) is 0. The smallest absolute Gasteiger partial charge is 0.356 e. The molecule has 1 aromatic heterocycles. The van der Waals surface area contributed by atoms with Crippen molar-refractivity contribution in [3.63, 3.8) is 0 Å². The molecular formula is C14H14N2O5. The minimum atomic E-state index is -1.19. The van der Waals surface area contributed by atoms with Gasteiger partial charge in [-0.25, -0.2) is 9.78 Å². The van der Waals surface area contributed by atoms with Crippen molar-refractivity contribution in [2.45, 2.75) is 12.5 Å². The maximum atomic E-state index is 11.1. The van der Waals surface area contributed by atoms with Crippen LogP contribution in [-0.2, 0) is 0 Å². The molecule has 7 nitrogen and oxygen atoms in total. The Labute approximate surface area is 120 Å². The highest BCUT2D eigenvalue weighted by molar-refractivity contribution is 5.86. The normalized spacial score (nSPS) is 15.3. The second-order valence-electron chi connectivity index (χ2n) is 4.63. The van der Waals surface area contributed by atoms with Crippen LogP contribution in [0.3, 0.4) is 0 Å². The number of hydrogen-bond acceptors (Lipinski definition) is 5. The first-order chi connectivity index (χ1) is 10.2. The number of hydrogen-bond donors (Lipinski definition) is 3. The van der Waals surface area contributed by atoms with Crippen molar-refractivity contribution in [1.82, 2.24) is 9.97 Å². The number of carboxylic acids is 1. The van der Waals surface area contributed by atoms with Gasteiger partial charge in [0.05, 0.1) is 25.2 Å². The number of nitrogens with one attached hydrogen (secondary N) is 1. The number of aliphatic hydroxyl groups excluding tert-OH is 1. The Hall–Kier alpha value is -2.54. The highest BCUT2D eigenvalue weighted by atomic mass is 16.5. The van der Waals surface area contributed by atoms with Gasteiger partial charge in [0.15, 0.2) is 17.2 Å². The molecular weight excluding hydrogens is 276 g/mol. The van der Waals surface area contributed by atoms with Crippen molar-refractivity contribution < 1.29 is 24.5 Å². The molecule has 7 heteroatoms. The number of nitrogens with zero attached hydrogens (tertiary/aromatic N) is 1. The standard InChI is InChI=1S/C14H14N2O5/c17-13(11-12(14(18)19)16-7-15-11)8-2-3-9-10(6-8)21-5-1-4-20-9/h2-3,6-7,13,17H,1,4-5H2,(H,15,16)(H,18,19). The largest absolute Gasteiger partial charge is 0.490 e. The van der Waals surface area contributed by atoms with Crippen LogP contribution in [-0.4, -0.2) is 39.4 Å². The van der Waals surface area contributed by atoms with Gasteiger partial charge in [-0.3, -0.25) is 0 Å². The average Bonchev–Trinajstić information content (AvgIpc) is 2.85. The van der Waals surface area contributed by atoms with E-state index in [4.69, 9.17) is 14.6 Å². The molecule has 0 saturated heterocycles. The van der Waals surface area contributed by atoms with Crippen molar-refractivity contribution >= 4 is 5.97 Å². The Morgan fingerprint density at radius 3 is 2.81 bits per heavy atom. The van der Waals surface area contributed by atoms with E-state index in [1.165, 1.54) is 6.33 Å². The highest BCUT2D eigenvalue weighted by Gasteiger charge is 2.23.